The van der Waals surface area contributed by atoms with Crippen molar-refractivity contribution in [2.75, 3.05) is 10.5 Å². The van der Waals surface area contributed by atoms with Gasteiger partial charge in [0.1, 0.15) is 17.8 Å². The Bertz CT molecular complexity index is 1490. The average molecular weight is 477 g/mol. The Morgan fingerprint density at radius 1 is 1.06 bits per heavy atom. The van der Waals surface area contributed by atoms with Gasteiger partial charge in [-0.2, -0.15) is 0 Å². The number of carbonyl (C=O) groups excluding carboxylic acids is 1. The third-order valence-corrected chi connectivity index (χ3v) is 7.63. The topological polar surface area (TPSA) is 146 Å². The van der Waals surface area contributed by atoms with E-state index in [9.17, 15) is 13.2 Å². The number of amides is 1. The van der Waals surface area contributed by atoms with E-state index < -0.39 is 15.9 Å². The highest BCUT2D eigenvalue weighted by Crippen LogP contribution is 2.39. The van der Waals surface area contributed by atoms with Gasteiger partial charge in [0.05, 0.1) is 21.5 Å². The number of nitrogens with one attached hydrogen (secondary N) is 1. The second-order valence-corrected chi connectivity index (χ2v) is 10.1. The van der Waals surface area contributed by atoms with Crippen LogP contribution in [-0.2, 0) is 10.0 Å². The monoisotopic (exact) mass is 476 g/mol. The van der Waals surface area contributed by atoms with Crippen LogP contribution < -0.4 is 16.2 Å². The largest absolute Gasteiger partial charge is 0.383 e. The number of nitrogen functional groups attached to an aromatic ring is 1. The number of nitrogens with zero attached hydrogens (tertiary/aromatic N) is 3. The molecule has 1 aliphatic carbocycles. The fourth-order valence-electron chi connectivity index (χ4n) is 4.60. The fraction of sp³-hybridized carbons (Fsp3) is 0.208. The molecule has 0 aliphatic heterocycles. The molecule has 1 amide bonds. The van der Waals surface area contributed by atoms with Gasteiger partial charge in [0.2, 0.25) is 0 Å². The lowest BCUT2D eigenvalue weighted by atomic mass is 10.0. The van der Waals surface area contributed by atoms with Gasteiger partial charge in [0, 0.05) is 17.8 Å². The molecule has 9 nitrogen and oxygen atoms in total. The molecule has 5 rings (SSSR count). The molecule has 10 heteroatoms. The van der Waals surface area contributed by atoms with Crippen molar-refractivity contribution in [1.82, 2.24) is 14.5 Å². The normalized spacial score (nSPS) is 14.5. The molecule has 5 N–H and O–H groups in total. The molecule has 0 saturated heterocycles. The number of aromatic nitrogens is 3. The second kappa shape index (κ2) is 8.45. The van der Waals surface area contributed by atoms with E-state index in [4.69, 9.17) is 11.5 Å². The highest BCUT2D eigenvalue weighted by Gasteiger charge is 2.24. The maximum Gasteiger partial charge on any atom is 0.261 e. The van der Waals surface area contributed by atoms with Crippen LogP contribution in [0.15, 0.2) is 66.0 Å². The Morgan fingerprint density at radius 3 is 2.50 bits per heavy atom. The van der Waals surface area contributed by atoms with Crippen LogP contribution in [0, 0.1) is 0 Å². The van der Waals surface area contributed by atoms with E-state index in [2.05, 4.69) is 19.3 Å². The van der Waals surface area contributed by atoms with Crippen LogP contribution in [0.5, 0.6) is 0 Å². The minimum absolute atomic E-state index is 0.0502. The third kappa shape index (κ3) is 3.86. The zero-order chi connectivity index (χ0) is 23.9. The summed E-state index contributed by atoms with van der Waals surface area (Å²) in [7, 11) is -3.90. The van der Waals surface area contributed by atoms with E-state index in [0.717, 1.165) is 36.9 Å². The average Bonchev–Trinajstić information content (AvgIpc) is 3.48. The van der Waals surface area contributed by atoms with Gasteiger partial charge in [-0.15, -0.1) is 0 Å². The van der Waals surface area contributed by atoms with E-state index >= 15 is 0 Å². The number of sulfonamides is 1. The first-order chi connectivity index (χ1) is 16.3. The van der Waals surface area contributed by atoms with Gasteiger partial charge < -0.3 is 16.0 Å². The highest BCUT2D eigenvalue weighted by molar-refractivity contribution is 7.92. The Balaban J connectivity index is 1.61. The SMILES string of the molecule is NC(=O)c1cc(-c2cn(C3CCCC3)c3ncnc(N)c23)ccc1NS(=O)(=O)c1ccccc1. The Kier molecular flexibility index (Phi) is 5.45. The van der Waals surface area contributed by atoms with Crippen molar-refractivity contribution >= 4 is 38.5 Å². The zero-order valence-corrected chi connectivity index (χ0v) is 19.1. The zero-order valence-electron chi connectivity index (χ0n) is 18.3. The molecule has 1 aliphatic rings. The van der Waals surface area contributed by atoms with Crippen LogP contribution in [0.3, 0.4) is 0 Å². The van der Waals surface area contributed by atoms with Crippen LogP contribution in [0.1, 0.15) is 42.1 Å². The van der Waals surface area contributed by atoms with Gasteiger partial charge >= 0.3 is 0 Å². The van der Waals surface area contributed by atoms with Crippen molar-refractivity contribution < 1.29 is 13.2 Å². The van der Waals surface area contributed by atoms with E-state index in [-0.39, 0.29) is 16.1 Å². The molecule has 0 unspecified atom stereocenters. The maximum absolute atomic E-state index is 12.8. The van der Waals surface area contributed by atoms with Gasteiger partial charge in [-0.25, -0.2) is 18.4 Å². The van der Waals surface area contributed by atoms with E-state index in [1.54, 1.807) is 30.3 Å². The number of rotatable bonds is 6. The lowest BCUT2D eigenvalue weighted by molar-refractivity contribution is 0.100. The predicted octanol–water partition coefficient (Wildman–Crippen LogP) is 3.70. The molecule has 0 radical (unpaired) electrons. The van der Waals surface area contributed by atoms with Gasteiger partial charge in [-0.3, -0.25) is 9.52 Å². The van der Waals surface area contributed by atoms with Crippen LogP contribution in [-0.4, -0.2) is 28.9 Å². The molecule has 1 saturated carbocycles. The number of carbonyl (C=O) groups is 1. The molecule has 0 bridgehead atoms. The maximum atomic E-state index is 12.8. The summed E-state index contributed by atoms with van der Waals surface area (Å²) in [5.74, 6) is -0.414. The molecule has 2 aromatic heterocycles. The number of hydrogen-bond acceptors (Lipinski definition) is 6. The first kappa shape index (κ1) is 21.9. The highest BCUT2D eigenvalue weighted by atomic mass is 32.2. The molecule has 2 heterocycles. The summed E-state index contributed by atoms with van der Waals surface area (Å²) in [5.41, 5.74) is 14.2. The predicted molar refractivity (Wildman–Crippen MR) is 131 cm³/mol. The lowest BCUT2D eigenvalue weighted by Crippen LogP contribution is -2.18. The minimum Gasteiger partial charge on any atom is -0.383 e. The first-order valence-electron chi connectivity index (χ1n) is 11.0. The first-order valence-corrected chi connectivity index (χ1v) is 12.5. The molecule has 4 aromatic rings. The van der Waals surface area contributed by atoms with Crippen molar-refractivity contribution in [3.63, 3.8) is 0 Å². The van der Waals surface area contributed by atoms with E-state index in [0.29, 0.717) is 22.8 Å². The van der Waals surface area contributed by atoms with Crippen molar-refractivity contribution in [2.45, 2.75) is 36.6 Å². The Morgan fingerprint density at radius 2 is 1.79 bits per heavy atom. The van der Waals surface area contributed by atoms with Crippen LogP contribution in [0.2, 0.25) is 0 Å². The molecule has 174 valence electrons. The number of benzene rings is 2. The summed E-state index contributed by atoms with van der Waals surface area (Å²) in [6.07, 6.45) is 7.85. The molecule has 34 heavy (non-hydrogen) atoms. The van der Waals surface area contributed by atoms with Gasteiger partial charge in [0.25, 0.3) is 15.9 Å². The fourth-order valence-corrected chi connectivity index (χ4v) is 5.70. The summed E-state index contributed by atoms with van der Waals surface area (Å²) in [6.45, 7) is 0. The van der Waals surface area contributed by atoms with Crippen molar-refractivity contribution in [1.29, 1.82) is 0 Å². The summed E-state index contributed by atoms with van der Waals surface area (Å²) < 4.78 is 30.2. The standard InChI is InChI=1S/C24H24N6O3S/c25-22-21-19(13-30(16-6-4-5-7-16)24(21)28-14-27-22)15-10-11-20(18(12-15)23(26)31)29-34(32,33)17-8-2-1-3-9-17/h1-3,8-14,16,29H,4-7H2,(H2,26,31)(H2,25,27,28). The quantitative estimate of drug-likeness (QED) is 0.387. The van der Waals surface area contributed by atoms with E-state index in [1.807, 2.05) is 6.20 Å². The molecular formula is C24H24N6O3S. The Labute approximate surface area is 196 Å². The molecule has 2 aromatic carbocycles. The van der Waals surface area contributed by atoms with E-state index in [1.165, 1.54) is 24.5 Å². The van der Waals surface area contributed by atoms with Crippen molar-refractivity contribution in [3.8, 4) is 11.1 Å². The second-order valence-electron chi connectivity index (χ2n) is 8.39. The molecule has 0 spiro atoms. The van der Waals surface area contributed by atoms with Crippen molar-refractivity contribution in [2.24, 2.45) is 5.73 Å². The summed E-state index contributed by atoms with van der Waals surface area (Å²) in [6, 6.07) is 13.1. The lowest BCUT2D eigenvalue weighted by Gasteiger charge is -2.13. The summed E-state index contributed by atoms with van der Waals surface area (Å²) in [4.78, 5) is 21.0. The molecule has 0 atom stereocenters. The van der Waals surface area contributed by atoms with Crippen LogP contribution in [0.25, 0.3) is 22.2 Å². The third-order valence-electron chi connectivity index (χ3n) is 6.25. The van der Waals surface area contributed by atoms with Gasteiger partial charge in [-0.1, -0.05) is 37.1 Å². The minimum atomic E-state index is -3.90. The smallest absolute Gasteiger partial charge is 0.261 e. The number of hydrogen-bond donors (Lipinski definition) is 3. The van der Waals surface area contributed by atoms with Gasteiger partial charge in [0.15, 0.2) is 0 Å². The number of nitrogens with two attached hydrogens (primary N) is 2. The molecule has 1 fully saturated rings. The number of anilines is 2. The summed E-state index contributed by atoms with van der Waals surface area (Å²) in [5, 5.41) is 0.697. The Hall–Kier alpha value is -3.92. The van der Waals surface area contributed by atoms with Crippen molar-refractivity contribution in [3.05, 3.63) is 66.6 Å². The molecular weight excluding hydrogens is 452 g/mol. The van der Waals surface area contributed by atoms with Crippen LogP contribution in [0.4, 0.5) is 11.5 Å². The number of fused-ring (bicyclic) bond motifs is 1. The van der Waals surface area contributed by atoms with Crippen LogP contribution >= 0.6 is 0 Å². The number of primary amides is 1. The summed E-state index contributed by atoms with van der Waals surface area (Å²) >= 11 is 0. The van der Waals surface area contributed by atoms with Gasteiger partial charge in [-0.05, 0) is 42.7 Å².